The summed E-state index contributed by atoms with van der Waals surface area (Å²) in [6.45, 7) is 1.07. The van der Waals surface area contributed by atoms with Gasteiger partial charge in [-0.05, 0) is 30.3 Å². The lowest BCUT2D eigenvalue weighted by molar-refractivity contribution is -0.384. The smallest absolute Gasteiger partial charge is 0.293 e. The quantitative estimate of drug-likeness (QED) is 0.442. The molecule has 9 nitrogen and oxygen atoms in total. The highest BCUT2D eigenvalue weighted by Gasteiger charge is 2.20. The van der Waals surface area contributed by atoms with E-state index in [4.69, 9.17) is 0 Å². The number of nitrogens with zero attached hydrogens (tertiary/aromatic N) is 3. The predicted octanol–water partition coefficient (Wildman–Crippen LogP) is 2.36. The second kappa shape index (κ2) is 8.19. The van der Waals surface area contributed by atoms with Crippen molar-refractivity contribution in [3.8, 4) is 0 Å². The Bertz CT molecular complexity index is 1060. The number of benzene rings is 2. The molecule has 0 aliphatic rings. The van der Waals surface area contributed by atoms with Gasteiger partial charge in [0.1, 0.15) is 5.69 Å². The fourth-order valence-electron chi connectivity index (χ4n) is 2.65. The van der Waals surface area contributed by atoms with Crippen LogP contribution >= 0.6 is 0 Å². The number of sulfonamides is 1. The Hall–Kier alpha value is -3.24. The van der Waals surface area contributed by atoms with Crippen LogP contribution in [-0.4, -0.2) is 29.9 Å². The van der Waals surface area contributed by atoms with E-state index in [9.17, 15) is 18.5 Å². The van der Waals surface area contributed by atoms with Crippen molar-refractivity contribution < 1.29 is 13.3 Å². The maximum absolute atomic E-state index is 11.9. The van der Waals surface area contributed by atoms with E-state index < -0.39 is 14.9 Å². The third kappa shape index (κ3) is 4.53. The summed E-state index contributed by atoms with van der Waals surface area (Å²) in [6.07, 6.45) is 5.34. The van der Waals surface area contributed by atoms with E-state index in [2.05, 4.69) is 15.0 Å². The van der Waals surface area contributed by atoms with Crippen LogP contribution in [0, 0.1) is 10.1 Å². The standard InChI is InChI=1S/C18H19N5O4S/c1-19-28(26,27)16-6-7-17(18(10-16)23(24)25)21-11-14-2-4-15(5-3-14)12-22-9-8-20-13-22/h2-10,13,19,21H,11-12H2,1H3. The van der Waals surface area contributed by atoms with Gasteiger partial charge in [0.05, 0.1) is 16.1 Å². The lowest BCUT2D eigenvalue weighted by Crippen LogP contribution is -2.18. The van der Waals surface area contributed by atoms with Crippen LogP contribution in [0.4, 0.5) is 11.4 Å². The summed E-state index contributed by atoms with van der Waals surface area (Å²) in [5.74, 6) is 0. The molecule has 0 radical (unpaired) electrons. The number of hydrogen-bond acceptors (Lipinski definition) is 6. The van der Waals surface area contributed by atoms with E-state index in [-0.39, 0.29) is 16.3 Å². The van der Waals surface area contributed by atoms with Crippen molar-refractivity contribution in [2.45, 2.75) is 18.0 Å². The molecule has 2 aromatic carbocycles. The maximum Gasteiger partial charge on any atom is 0.293 e. The number of nitro benzene ring substituents is 1. The number of anilines is 1. The average Bonchev–Trinajstić information content (AvgIpc) is 3.20. The zero-order valence-corrected chi connectivity index (χ0v) is 15.9. The van der Waals surface area contributed by atoms with Crippen LogP contribution in [0.15, 0.2) is 66.1 Å². The zero-order chi connectivity index (χ0) is 20.1. The molecule has 0 saturated carbocycles. The van der Waals surface area contributed by atoms with Gasteiger partial charge in [-0.1, -0.05) is 24.3 Å². The molecule has 0 aliphatic heterocycles. The minimum atomic E-state index is -3.75. The molecule has 10 heteroatoms. The molecule has 0 spiro atoms. The summed E-state index contributed by atoms with van der Waals surface area (Å²) < 4.78 is 27.8. The molecule has 0 atom stereocenters. The van der Waals surface area contributed by atoms with E-state index in [1.165, 1.54) is 19.2 Å². The van der Waals surface area contributed by atoms with Crippen LogP contribution in [0.1, 0.15) is 11.1 Å². The monoisotopic (exact) mass is 401 g/mol. The number of nitro groups is 1. The first kappa shape index (κ1) is 19.5. The number of hydrogen-bond donors (Lipinski definition) is 2. The first-order chi connectivity index (χ1) is 13.4. The van der Waals surface area contributed by atoms with Crippen molar-refractivity contribution in [1.82, 2.24) is 14.3 Å². The number of nitrogens with one attached hydrogen (secondary N) is 2. The van der Waals surface area contributed by atoms with Crippen LogP contribution in [-0.2, 0) is 23.1 Å². The highest BCUT2D eigenvalue weighted by Crippen LogP contribution is 2.28. The zero-order valence-electron chi connectivity index (χ0n) is 15.1. The Labute approximate surface area is 162 Å². The third-order valence-corrected chi connectivity index (χ3v) is 5.59. The molecule has 0 fully saturated rings. The molecule has 0 bridgehead atoms. The minimum absolute atomic E-state index is 0.156. The molecule has 1 heterocycles. The van der Waals surface area contributed by atoms with Crippen LogP contribution in [0.25, 0.3) is 0 Å². The highest BCUT2D eigenvalue weighted by atomic mass is 32.2. The number of rotatable bonds is 8. The molecule has 0 unspecified atom stereocenters. The summed E-state index contributed by atoms with van der Waals surface area (Å²) in [7, 11) is -2.50. The molecule has 2 N–H and O–H groups in total. The van der Waals surface area contributed by atoms with E-state index in [1.54, 1.807) is 12.5 Å². The van der Waals surface area contributed by atoms with E-state index in [0.717, 1.165) is 17.2 Å². The molecule has 0 saturated heterocycles. The second-order valence-corrected chi connectivity index (χ2v) is 7.94. The highest BCUT2D eigenvalue weighted by molar-refractivity contribution is 7.89. The fraction of sp³-hybridized carbons (Fsp3) is 0.167. The van der Waals surface area contributed by atoms with Crippen LogP contribution < -0.4 is 10.0 Å². The maximum atomic E-state index is 11.9. The first-order valence-corrected chi connectivity index (χ1v) is 9.87. The third-order valence-electron chi connectivity index (χ3n) is 4.18. The van der Waals surface area contributed by atoms with Gasteiger partial charge in [0.2, 0.25) is 10.0 Å². The van der Waals surface area contributed by atoms with Gasteiger partial charge in [-0.25, -0.2) is 18.1 Å². The lowest BCUT2D eigenvalue weighted by atomic mass is 10.1. The normalized spacial score (nSPS) is 11.3. The topological polar surface area (TPSA) is 119 Å². The summed E-state index contributed by atoms with van der Waals surface area (Å²) in [6, 6.07) is 11.6. The van der Waals surface area contributed by atoms with E-state index >= 15 is 0 Å². The van der Waals surface area contributed by atoms with Crippen molar-refractivity contribution in [2.24, 2.45) is 0 Å². The van der Waals surface area contributed by atoms with Crippen molar-refractivity contribution in [1.29, 1.82) is 0 Å². The van der Waals surface area contributed by atoms with Crippen molar-refractivity contribution in [2.75, 3.05) is 12.4 Å². The Balaban J connectivity index is 1.72. The van der Waals surface area contributed by atoms with Gasteiger partial charge in [-0.3, -0.25) is 10.1 Å². The molecule has 3 aromatic rings. The molecular weight excluding hydrogens is 382 g/mol. The van der Waals surface area contributed by atoms with E-state index in [1.807, 2.05) is 35.0 Å². The molecule has 146 valence electrons. The van der Waals surface area contributed by atoms with Crippen molar-refractivity contribution in [3.05, 3.63) is 82.4 Å². The van der Waals surface area contributed by atoms with Crippen LogP contribution in [0.2, 0.25) is 0 Å². The Morgan fingerprint density at radius 3 is 2.46 bits per heavy atom. The molecule has 1 aromatic heterocycles. The van der Waals surface area contributed by atoms with Crippen molar-refractivity contribution in [3.63, 3.8) is 0 Å². The lowest BCUT2D eigenvalue weighted by Gasteiger charge is -2.10. The summed E-state index contributed by atoms with van der Waals surface area (Å²) >= 11 is 0. The average molecular weight is 401 g/mol. The minimum Gasteiger partial charge on any atom is -0.375 e. The molecular formula is C18H19N5O4S. The largest absolute Gasteiger partial charge is 0.375 e. The number of aromatic nitrogens is 2. The van der Waals surface area contributed by atoms with E-state index in [0.29, 0.717) is 13.1 Å². The van der Waals surface area contributed by atoms with Gasteiger partial charge >= 0.3 is 0 Å². The number of imidazole rings is 1. The molecule has 28 heavy (non-hydrogen) atoms. The summed E-state index contributed by atoms with van der Waals surface area (Å²) in [5.41, 5.74) is 2.00. The van der Waals surface area contributed by atoms with Crippen LogP contribution in [0.5, 0.6) is 0 Å². The summed E-state index contributed by atoms with van der Waals surface area (Å²) in [4.78, 5) is 14.6. The first-order valence-electron chi connectivity index (χ1n) is 8.38. The SMILES string of the molecule is CNS(=O)(=O)c1ccc(NCc2ccc(Cn3ccnc3)cc2)c([N+](=O)[O-])c1. The van der Waals surface area contributed by atoms with Gasteiger partial charge in [-0.15, -0.1) is 0 Å². The van der Waals surface area contributed by atoms with Gasteiger partial charge in [0.15, 0.2) is 0 Å². The second-order valence-electron chi connectivity index (χ2n) is 6.05. The van der Waals surface area contributed by atoms with Gasteiger partial charge in [0.25, 0.3) is 5.69 Å². The van der Waals surface area contributed by atoms with Gasteiger partial charge < -0.3 is 9.88 Å². The van der Waals surface area contributed by atoms with Crippen LogP contribution in [0.3, 0.4) is 0 Å². The molecule has 0 amide bonds. The summed E-state index contributed by atoms with van der Waals surface area (Å²) in [5, 5.41) is 14.3. The molecule has 0 aliphatic carbocycles. The Morgan fingerprint density at radius 1 is 1.14 bits per heavy atom. The Kier molecular flexibility index (Phi) is 5.71. The molecule has 3 rings (SSSR count). The van der Waals surface area contributed by atoms with Gasteiger partial charge in [0, 0.05) is 31.5 Å². The van der Waals surface area contributed by atoms with Crippen molar-refractivity contribution >= 4 is 21.4 Å². The van der Waals surface area contributed by atoms with Gasteiger partial charge in [-0.2, -0.15) is 0 Å². The predicted molar refractivity (Wildman–Crippen MR) is 104 cm³/mol. The fourth-order valence-corrected chi connectivity index (χ4v) is 3.40. The Morgan fingerprint density at radius 2 is 1.86 bits per heavy atom.